The van der Waals surface area contributed by atoms with E-state index in [4.69, 9.17) is 14.6 Å². The second-order valence-corrected chi connectivity index (χ2v) is 6.01. The Labute approximate surface area is 110 Å². The van der Waals surface area contributed by atoms with Gasteiger partial charge in [-0.05, 0) is 53.4 Å². The van der Waals surface area contributed by atoms with E-state index >= 15 is 0 Å². The molecule has 106 valence electrons. The van der Waals surface area contributed by atoms with Crippen molar-refractivity contribution in [1.82, 2.24) is 0 Å². The van der Waals surface area contributed by atoms with Crippen molar-refractivity contribution in [3.05, 3.63) is 0 Å². The summed E-state index contributed by atoms with van der Waals surface area (Å²) in [5.74, 6) is -0.740. The smallest absolute Gasteiger partial charge is 0.309 e. The van der Waals surface area contributed by atoms with Crippen molar-refractivity contribution in [3.63, 3.8) is 0 Å². The quantitative estimate of drug-likeness (QED) is 0.744. The van der Waals surface area contributed by atoms with E-state index in [-0.39, 0.29) is 18.3 Å². The number of rotatable bonds is 6. The van der Waals surface area contributed by atoms with Crippen molar-refractivity contribution in [2.75, 3.05) is 6.61 Å². The highest BCUT2D eigenvalue weighted by Crippen LogP contribution is 2.24. The zero-order chi connectivity index (χ0) is 13.8. The third-order valence-corrected chi connectivity index (χ3v) is 3.53. The molecule has 0 bridgehead atoms. The predicted molar refractivity (Wildman–Crippen MR) is 69.6 cm³/mol. The van der Waals surface area contributed by atoms with Gasteiger partial charge in [-0.15, -0.1) is 0 Å². The number of ether oxygens (including phenoxy) is 2. The molecule has 2 unspecified atom stereocenters. The van der Waals surface area contributed by atoms with Gasteiger partial charge >= 0.3 is 5.97 Å². The average Bonchev–Trinajstić information content (AvgIpc) is 2.23. The maximum Gasteiger partial charge on any atom is 0.309 e. The van der Waals surface area contributed by atoms with Gasteiger partial charge in [-0.2, -0.15) is 0 Å². The van der Waals surface area contributed by atoms with Crippen LogP contribution in [0.25, 0.3) is 0 Å². The first-order valence-corrected chi connectivity index (χ1v) is 6.81. The van der Waals surface area contributed by atoms with E-state index in [2.05, 4.69) is 13.8 Å². The van der Waals surface area contributed by atoms with Crippen LogP contribution in [0.1, 0.15) is 53.4 Å². The molecule has 0 aromatic rings. The number of carbonyl (C=O) groups is 1. The van der Waals surface area contributed by atoms with Crippen molar-refractivity contribution in [3.8, 4) is 0 Å². The number of carboxylic acids is 1. The molecule has 0 aromatic heterocycles. The van der Waals surface area contributed by atoms with E-state index in [9.17, 15) is 4.79 Å². The normalized spacial score (nSPS) is 29.2. The topological polar surface area (TPSA) is 55.8 Å². The zero-order valence-corrected chi connectivity index (χ0v) is 11.9. The largest absolute Gasteiger partial charge is 0.481 e. The van der Waals surface area contributed by atoms with Gasteiger partial charge in [0.2, 0.25) is 0 Å². The maximum absolute atomic E-state index is 10.9. The molecule has 4 nitrogen and oxygen atoms in total. The Morgan fingerprint density at radius 2 is 1.89 bits per heavy atom. The van der Waals surface area contributed by atoms with Crippen molar-refractivity contribution in [2.24, 2.45) is 5.41 Å². The van der Waals surface area contributed by atoms with Crippen LogP contribution in [0.5, 0.6) is 0 Å². The van der Waals surface area contributed by atoms with Crippen LogP contribution < -0.4 is 0 Å². The lowest BCUT2D eigenvalue weighted by atomic mass is 9.88. The van der Waals surface area contributed by atoms with Gasteiger partial charge in [0.1, 0.15) is 0 Å². The van der Waals surface area contributed by atoms with Crippen LogP contribution in [0.3, 0.4) is 0 Å². The van der Waals surface area contributed by atoms with Gasteiger partial charge in [-0.25, -0.2) is 0 Å². The van der Waals surface area contributed by atoms with E-state index < -0.39 is 11.4 Å². The fourth-order valence-electron chi connectivity index (χ4n) is 2.35. The van der Waals surface area contributed by atoms with E-state index in [0.29, 0.717) is 13.0 Å². The molecule has 0 amide bonds. The highest BCUT2D eigenvalue weighted by atomic mass is 16.5. The molecule has 2 atom stereocenters. The monoisotopic (exact) mass is 258 g/mol. The van der Waals surface area contributed by atoms with Crippen LogP contribution in [-0.2, 0) is 14.3 Å². The van der Waals surface area contributed by atoms with Gasteiger partial charge in [-0.3, -0.25) is 4.79 Å². The molecule has 1 saturated heterocycles. The lowest BCUT2D eigenvalue weighted by Gasteiger charge is -2.32. The lowest BCUT2D eigenvalue weighted by molar-refractivity contribution is -0.147. The van der Waals surface area contributed by atoms with Crippen molar-refractivity contribution in [2.45, 2.75) is 71.7 Å². The molecule has 0 aliphatic carbocycles. The van der Waals surface area contributed by atoms with Gasteiger partial charge < -0.3 is 14.6 Å². The minimum Gasteiger partial charge on any atom is -0.481 e. The zero-order valence-electron chi connectivity index (χ0n) is 11.9. The van der Waals surface area contributed by atoms with Gasteiger partial charge in [-0.1, -0.05) is 0 Å². The van der Waals surface area contributed by atoms with E-state index in [1.807, 2.05) is 0 Å². The molecule has 0 aromatic carbocycles. The first-order chi connectivity index (χ1) is 8.31. The highest BCUT2D eigenvalue weighted by Gasteiger charge is 2.27. The van der Waals surface area contributed by atoms with Gasteiger partial charge in [0.05, 0.1) is 23.7 Å². The molecule has 1 heterocycles. The number of aliphatic carboxylic acids is 1. The summed E-state index contributed by atoms with van der Waals surface area (Å²) in [5.41, 5.74) is -0.653. The fourth-order valence-corrected chi connectivity index (χ4v) is 2.35. The molecular formula is C14H26O4. The summed E-state index contributed by atoms with van der Waals surface area (Å²) in [4.78, 5) is 10.9. The first kappa shape index (κ1) is 15.4. The molecule has 0 saturated carbocycles. The number of hydrogen-bond acceptors (Lipinski definition) is 3. The highest BCUT2D eigenvalue weighted by molar-refractivity contribution is 5.73. The Morgan fingerprint density at radius 3 is 2.39 bits per heavy atom. The predicted octanol–water partition coefficient (Wildman–Crippen LogP) is 2.85. The molecule has 18 heavy (non-hydrogen) atoms. The van der Waals surface area contributed by atoms with Crippen molar-refractivity contribution < 1.29 is 19.4 Å². The second kappa shape index (κ2) is 6.53. The Balaban J connectivity index is 2.20. The summed E-state index contributed by atoms with van der Waals surface area (Å²) in [5, 5.41) is 9.00. The minimum absolute atomic E-state index is 0.259. The molecule has 1 N–H and O–H groups in total. The standard InChI is InChI=1S/C14H26O4/c1-10-8-12(9-11(2)18-10)17-7-5-6-14(3,4)13(15)16/h10-12H,5-9H2,1-4H3,(H,15,16). The summed E-state index contributed by atoms with van der Waals surface area (Å²) >= 11 is 0. The summed E-state index contributed by atoms with van der Waals surface area (Å²) in [6.45, 7) is 8.29. The Morgan fingerprint density at radius 1 is 1.33 bits per heavy atom. The Bertz CT molecular complexity index is 265. The number of hydrogen-bond donors (Lipinski definition) is 1. The summed E-state index contributed by atoms with van der Waals surface area (Å²) in [6.07, 6.45) is 4.09. The van der Waals surface area contributed by atoms with Crippen LogP contribution >= 0.6 is 0 Å². The summed E-state index contributed by atoms with van der Waals surface area (Å²) in [6, 6.07) is 0. The van der Waals surface area contributed by atoms with Crippen LogP contribution in [0.4, 0.5) is 0 Å². The lowest BCUT2D eigenvalue weighted by Crippen LogP contribution is -2.34. The second-order valence-electron chi connectivity index (χ2n) is 6.01. The third-order valence-electron chi connectivity index (χ3n) is 3.53. The Kier molecular flexibility index (Phi) is 5.60. The van der Waals surface area contributed by atoms with Gasteiger partial charge in [0.25, 0.3) is 0 Å². The average molecular weight is 258 g/mol. The van der Waals surface area contributed by atoms with Gasteiger partial charge in [0.15, 0.2) is 0 Å². The summed E-state index contributed by atoms with van der Waals surface area (Å²) < 4.78 is 11.5. The molecule has 1 aliphatic heterocycles. The van der Waals surface area contributed by atoms with Crippen molar-refractivity contribution >= 4 is 5.97 Å². The third kappa shape index (κ3) is 4.94. The number of carboxylic acid groups (broad SMARTS) is 1. The molecule has 1 aliphatic rings. The van der Waals surface area contributed by atoms with E-state index in [1.165, 1.54) is 0 Å². The SMILES string of the molecule is CC1CC(OCCCC(C)(C)C(=O)O)CC(C)O1. The first-order valence-electron chi connectivity index (χ1n) is 6.81. The minimum atomic E-state index is -0.740. The molecular weight excluding hydrogens is 232 g/mol. The maximum atomic E-state index is 10.9. The molecule has 1 rings (SSSR count). The van der Waals surface area contributed by atoms with Crippen LogP contribution in [0.2, 0.25) is 0 Å². The van der Waals surface area contributed by atoms with E-state index in [1.54, 1.807) is 13.8 Å². The molecule has 0 spiro atoms. The van der Waals surface area contributed by atoms with Gasteiger partial charge in [0, 0.05) is 6.61 Å². The van der Waals surface area contributed by atoms with E-state index in [0.717, 1.165) is 19.3 Å². The fraction of sp³-hybridized carbons (Fsp3) is 0.929. The van der Waals surface area contributed by atoms with Crippen molar-refractivity contribution in [1.29, 1.82) is 0 Å². The van der Waals surface area contributed by atoms with Crippen LogP contribution in [0, 0.1) is 5.41 Å². The molecule has 4 heteroatoms. The molecule has 0 radical (unpaired) electrons. The molecule has 1 fully saturated rings. The summed E-state index contributed by atoms with van der Waals surface area (Å²) in [7, 11) is 0. The Hall–Kier alpha value is -0.610. The van der Waals surface area contributed by atoms with Crippen LogP contribution in [0.15, 0.2) is 0 Å². The van der Waals surface area contributed by atoms with Crippen LogP contribution in [-0.4, -0.2) is 36.0 Å².